The van der Waals surface area contributed by atoms with Crippen LogP contribution in [0.1, 0.15) is 62.2 Å². The Morgan fingerprint density at radius 1 is 1.10 bits per heavy atom. The van der Waals surface area contributed by atoms with E-state index in [0.717, 1.165) is 22.8 Å². The normalized spacial score (nSPS) is 15.9. The van der Waals surface area contributed by atoms with E-state index in [2.05, 4.69) is 0 Å². The quantitative estimate of drug-likeness (QED) is 0.530. The number of ketones is 2. The lowest BCUT2D eigenvalue weighted by Crippen LogP contribution is -2.09. The zero-order chi connectivity index (χ0) is 15.1. The molecule has 0 N–H and O–H groups in total. The summed E-state index contributed by atoms with van der Waals surface area (Å²) in [5.74, 6) is 1.68. The summed E-state index contributed by atoms with van der Waals surface area (Å²) < 4.78 is 0. The second kappa shape index (κ2) is 8.38. The summed E-state index contributed by atoms with van der Waals surface area (Å²) in [6, 6.07) is 7.68. The van der Waals surface area contributed by atoms with Crippen molar-refractivity contribution < 1.29 is 9.59 Å². The molecule has 2 nitrogen and oxygen atoms in total. The van der Waals surface area contributed by atoms with Crippen molar-refractivity contribution >= 4 is 23.3 Å². The number of Topliss-reactive ketones (excluding diaryl/α,β-unsaturated/α-hetero) is 2. The Hall–Kier alpha value is -1.09. The first-order valence-corrected chi connectivity index (χ1v) is 8.89. The minimum atomic E-state index is 0.174. The van der Waals surface area contributed by atoms with E-state index in [1.165, 1.54) is 43.9 Å². The van der Waals surface area contributed by atoms with Gasteiger partial charge in [0.1, 0.15) is 5.78 Å². The Balaban J connectivity index is 1.80. The van der Waals surface area contributed by atoms with Gasteiger partial charge in [-0.25, -0.2) is 0 Å². The van der Waals surface area contributed by atoms with Crippen LogP contribution in [0.2, 0.25) is 0 Å². The van der Waals surface area contributed by atoms with Crippen LogP contribution in [0.15, 0.2) is 29.2 Å². The van der Waals surface area contributed by atoms with E-state index < -0.39 is 0 Å². The van der Waals surface area contributed by atoms with Crippen LogP contribution in [0.4, 0.5) is 0 Å². The fourth-order valence-electron chi connectivity index (χ4n) is 2.88. The molecule has 0 amide bonds. The van der Waals surface area contributed by atoms with Gasteiger partial charge in [-0.3, -0.25) is 9.59 Å². The number of hydrogen-bond donors (Lipinski definition) is 0. The van der Waals surface area contributed by atoms with E-state index in [-0.39, 0.29) is 11.6 Å². The van der Waals surface area contributed by atoms with Crippen molar-refractivity contribution in [2.75, 3.05) is 5.75 Å². The summed E-state index contributed by atoms with van der Waals surface area (Å²) in [7, 11) is 0. The third-order valence-electron chi connectivity index (χ3n) is 4.12. The molecule has 114 valence electrons. The maximum atomic E-state index is 12.2. The molecular weight excluding hydrogens is 280 g/mol. The number of rotatable bonds is 7. The molecule has 1 aromatic carbocycles. The number of thioether (sulfide) groups is 1. The average molecular weight is 304 g/mol. The molecule has 1 aliphatic rings. The van der Waals surface area contributed by atoms with Crippen LogP contribution in [0, 0.1) is 5.92 Å². The smallest absolute Gasteiger partial charge is 0.162 e. The van der Waals surface area contributed by atoms with Crippen molar-refractivity contribution in [1.29, 1.82) is 0 Å². The molecule has 1 fully saturated rings. The van der Waals surface area contributed by atoms with Gasteiger partial charge in [-0.15, -0.1) is 11.8 Å². The number of carbonyl (C=O) groups is 2. The summed E-state index contributed by atoms with van der Waals surface area (Å²) in [5.41, 5.74) is 0.804. The lowest BCUT2D eigenvalue weighted by molar-refractivity contribution is -0.114. The predicted molar refractivity (Wildman–Crippen MR) is 88.0 cm³/mol. The van der Waals surface area contributed by atoms with Crippen molar-refractivity contribution in [2.24, 2.45) is 5.92 Å². The highest BCUT2D eigenvalue weighted by Crippen LogP contribution is 2.28. The van der Waals surface area contributed by atoms with Gasteiger partial charge in [-0.2, -0.15) is 0 Å². The Morgan fingerprint density at radius 3 is 2.38 bits per heavy atom. The van der Waals surface area contributed by atoms with Crippen LogP contribution in [-0.2, 0) is 4.79 Å². The number of hydrogen-bond acceptors (Lipinski definition) is 3. The third kappa shape index (κ3) is 5.66. The van der Waals surface area contributed by atoms with Gasteiger partial charge >= 0.3 is 0 Å². The van der Waals surface area contributed by atoms with Gasteiger partial charge in [0, 0.05) is 16.9 Å². The maximum absolute atomic E-state index is 12.2. The lowest BCUT2D eigenvalue weighted by Gasteiger charge is -2.20. The molecule has 0 aliphatic heterocycles. The van der Waals surface area contributed by atoms with E-state index in [1.807, 2.05) is 24.3 Å². The maximum Gasteiger partial charge on any atom is 0.162 e. The van der Waals surface area contributed by atoms with Crippen molar-refractivity contribution in [3.63, 3.8) is 0 Å². The highest BCUT2D eigenvalue weighted by Gasteiger charge is 2.15. The topological polar surface area (TPSA) is 34.1 Å². The summed E-state index contributed by atoms with van der Waals surface area (Å²) in [6.45, 7) is 1.59. The highest BCUT2D eigenvalue weighted by atomic mass is 32.2. The first-order chi connectivity index (χ1) is 10.1. The zero-order valence-electron chi connectivity index (χ0n) is 12.8. The Labute approximate surface area is 131 Å². The standard InChI is InChI=1S/C18H24O2S/c1-14(19)13-21-17-10-8-16(9-11-17)18(20)12-7-15-5-3-2-4-6-15/h8-11,15H,2-7,12-13H2,1H3. The Morgan fingerprint density at radius 2 is 1.76 bits per heavy atom. The van der Waals surface area contributed by atoms with Crippen LogP contribution in [-0.4, -0.2) is 17.3 Å². The van der Waals surface area contributed by atoms with Crippen LogP contribution in [0.3, 0.4) is 0 Å². The summed E-state index contributed by atoms with van der Waals surface area (Å²) in [4.78, 5) is 24.2. The molecule has 0 saturated heterocycles. The summed E-state index contributed by atoms with van der Waals surface area (Å²) in [6.07, 6.45) is 8.35. The minimum Gasteiger partial charge on any atom is -0.299 e. The first kappa shape index (κ1) is 16.3. The van der Waals surface area contributed by atoms with E-state index in [4.69, 9.17) is 0 Å². The Bertz CT molecular complexity index is 472. The van der Waals surface area contributed by atoms with E-state index in [1.54, 1.807) is 6.92 Å². The molecule has 0 atom stereocenters. The number of benzene rings is 1. The van der Waals surface area contributed by atoms with Crippen LogP contribution in [0.5, 0.6) is 0 Å². The predicted octanol–water partition coefficient (Wildman–Crippen LogP) is 4.91. The largest absolute Gasteiger partial charge is 0.299 e. The number of carbonyl (C=O) groups excluding carboxylic acids is 2. The SMILES string of the molecule is CC(=O)CSc1ccc(C(=O)CCC2CCCCC2)cc1. The van der Waals surface area contributed by atoms with Crippen molar-refractivity contribution in [2.45, 2.75) is 56.8 Å². The molecule has 0 spiro atoms. The van der Waals surface area contributed by atoms with Gasteiger partial charge in [0.2, 0.25) is 0 Å². The molecule has 0 radical (unpaired) electrons. The lowest BCUT2D eigenvalue weighted by atomic mass is 9.85. The van der Waals surface area contributed by atoms with E-state index in [0.29, 0.717) is 12.2 Å². The molecule has 0 heterocycles. The Kier molecular flexibility index (Phi) is 6.50. The molecule has 3 heteroatoms. The van der Waals surface area contributed by atoms with E-state index >= 15 is 0 Å². The third-order valence-corrected chi connectivity index (χ3v) is 5.28. The molecule has 1 aliphatic carbocycles. The van der Waals surface area contributed by atoms with Gasteiger partial charge < -0.3 is 0 Å². The van der Waals surface area contributed by atoms with Crippen molar-refractivity contribution in [3.8, 4) is 0 Å². The van der Waals surface area contributed by atoms with Gasteiger partial charge in [0.15, 0.2) is 5.78 Å². The van der Waals surface area contributed by atoms with Gasteiger partial charge in [-0.1, -0.05) is 44.2 Å². The highest BCUT2D eigenvalue weighted by molar-refractivity contribution is 8.00. The average Bonchev–Trinajstić information content (AvgIpc) is 2.52. The molecule has 0 aromatic heterocycles. The van der Waals surface area contributed by atoms with Crippen LogP contribution in [0.25, 0.3) is 0 Å². The second-order valence-electron chi connectivity index (χ2n) is 5.98. The monoisotopic (exact) mass is 304 g/mol. The molecule has 1 aromatic rings. The second-order valence-corrected chi connectivity index (χ2v) is 7.03. The fourth-order valence-corrected chi connectivity index (χ4v) is 3.58. The molecular formula is C18H24O2S. The minimum absolute atomic E-state index is 0.174. The van der Waals surface area contributed by atoms with Crippen molar-refractivity contribution in [3.05, 3.63) is 29.8 Å². The summed E-state index contributed by atoms with van der Waals surface area (Å²) >= 11 is 1.52. The van der Waals surface area contributed by atoms with Gasteiger partial charge in [0.05, 0.1) is 5.75 Å². The molecule has 0 bridgehead atoms. The molecule has 1 saturated carbocycles. The van der Waals surface area contributed by atoms with Crippen LogP contribution < -0.4 is 0 Å². The molecule has 0 unspecified atom stereocenters. The van der Waals surface area contributed by atoms with Crippen molar-refractivity contribution in [1.82, 2.24) is 0 Å². The molecule has 2 rings (SSSR count). The summed E-state index contributed by atoms with van der Waals surface area (Å²) in [5, 5.41) is 0. The fraction of sp³-hybridized carbons (Fsp3) is 0.556. The molecule has 21 heavy (non-hydrogen) atoms. The van der Waals surface area contributed by atoms with E-state index in [9.17, 15) is 9.59 Å². The first-order valence-electron chi connectivity index (χ1n) is 7.90. The van der Waals surface area contributed by atoms with Gasteiger partial charge in [-0.05, 0) is 31.4 Å². The van der Waals surface area contributed by atoms with Crippen LogP contribution >= 0.6 is 11.8 Å². The zero-order valence-corrected chi connectivity index (χ0v) is 13.6. The van der Waals surface area contributed by atoms with Gasteiger partial charge in [0.25, 0.3) is 0 Å².